The molecule has 188 valence electrons. The average molecular weight is 493 g/mol. The van der Waals surface area contributed by atoms with Crippen LogP contribution in [0.2, 0.25) is 0 Å². The number of hydrogen-bond acceptors (Lipinski definition) is 0. The Bertz CT molecular complexity index is 1800. The van der Waals surface area contributed by atoms with E-state index in [4.69, 9.17) is 0 Å². The Hall–Kier alpha value is -3.90. The summed E-state index contributed by atoms with van der Waals surface area (Å²) in [5.41, 5.74) is 8.04. The second-order valence-corrected chi connectivity index (χ2v) is 12.7. The Labute approximate surface area is 227 Å². The Morgan fingerprint density at radius 3 is 1.63 bits per heavy atom. The minimum absolute atomic E-state index is 0.0583. The van der Waals surface area contributed by atoms with Crippen molar-refractivity contribution in [1.29, 1.82) is 0 Å². The Kier molecular flexibility index (Phi) is 5.69. The molecule has 0 bridgehead atoms. The van der Waals surface area contributed by atoms with Gasteiger partial charge in [0.05, 0.1) is 0 Å². The molecule has 0 aliphatic carbocycles. The molecule has 0 aliphatic rings. The van der Waals surface area contributed by atoms with Gasteiger partial charge in [-0.1, -0.05) is 139 Å². The predicted molar refractivity (Wildman–Crippen MR) is 167 cm³/mol. The Balaban J connectivity index is 1.70. The van der Waals surface area contributed by atoms with Crippen LogP contribution in [0.4, 0.5) is 0 Å². The highest BCUT2D eigenvalue weighted by Crippen LogP contribution is 2.43. The van der Waals surface area contributed by atoms with Gasteiger partial charge in [0, 0.05) is 0 Å². The van der Waals surface area contributed by atoms with E-state index in [-0.39, 0.29) is 10.8 Å². The van der Waals surface area contributed by atoms with Crippen LogP contribution in [0.3, 0.4) is 0 Å². The van der Waals surface area contributed by atoms with E-state index in [0.717, 1.165) is 0 Å². The summed E-state index contributed by atoms with van der Waals surface area (Å²) in [5.74, 6) is 0. The van der Waals surface area contributed by atoms with Gasteiger partial charge in [-0.3, -0.25) is 0 Å². The molecule has 0 radical (unpaired) electrons. The molecule has 0 amide bonds. The molecule has 0 unspecified atom stereocenters. The van der Waals surface area contributed by atoms with Crippen molar-refractivity contribution in [3.63, 3.8) is 0 Å². The van der Waals surface area contributed by atoms with Crippen molar-refractivity contribution in [1.82, 2.24) is 0 Å². The molecule has 0 saturated heterocycles. The monoisotopic (exact) mass is 492 g/mol. The summed E-state index contributed by atoms with van der Waals surface area (Å²) in [5, 5.41) is 7.82. The first-order valence-electron chi connectivity index (χ1n) is 13.7. The standard InChI is InChI=1S/C38H36/c1-37(2,3)27-18-15-26(16-19-27)30-22-20-28(38(4,5)6)23-34(30)36-24-35-29-12-8-7-11-25(29)17-21-33(35)31-13-9-10-14-32(31)36/h7-24H,1-6H3. The molecule has 0 nitrogen and oxygen atoms in total. The molecular weight excluding hydrogens is 456 g/mol. The molecule has 0 aromatic heterocycles. The van der Waals surface area contributed by atoms with Crippen molar-refractivity contribution >= 4 is 32.3 Å². The predicted octanol–water partition coefficient (Wildman–Crippen LogP) is 11.1. The van der Waals surface area contributed by atoms with Gasteiger partial charge in [-0.05, 0) is 88.7 Å². The van der Waals surface area contributed by atoms with Gasteiger partial charge in [0.25, 0.3) is 0 Å². The van der Waals surface area contributed by atoms with Gasteiger partial charge in [-0.2, -0.15) is 0 Å². The van der Waals surface area contributed by atoms with Crippen LogP contribution in [-0.4, -0.2) is 0 Å². The molecule has 0 aliphatic heterocycles. The molecule has 0 spiro atoms. The van der Waals surface area contributed by atoms with Crippen LogP contribution in [0.25, 0.3) is 54.6 Å². The van der Waals surface area contributed by atoms with E-state index in [0.29, 0.717) is 0 Å². The molecule has 0 saturated carbocycles. The highest BCUT2D eigenvalue weighted by Gasteiger charge is 2.20. The maximum atomic E-state index is 2.44. The van der Waals surface area contributed by atoms with Gasteiger partial charge >= 0.3 is 0 Å². The fraction of sp³-hybridized carbons (Fsp3) is 0.211. The number of benzene rings is 6. The number of hydrogen-bond donors (Lipinski definition) is 0. The van der Waals surface area contributed by atoms with Gasteiger partial charge in [-0.15, -0.1) is 0 Å². The van der Waals surface area contributed by atoms with Gasteiger partial charge < -0.3 is 0 Å². The second-order valence-electron chi connectivity index (χ2n) is 12.7. The van der Waals surface area contributed by atoms with Crippen LogP contribution in [-0.2, 0) is 10.8 Å². The molecule has 6 aromatic rings. The number of rotatable bonds is 2. The molecule has 0 atom stereocenters. The fourth-order valence-electron chi connectivity index (χ4n) is 5.72. The largest absolute Gasteiger partial charge is 0.0616 e. The molecule has 0 fully saturated rings. The SMILES string of the molecule is CC(C)(C)c1ccc(-c2ccc(C(C)(C)C)cc2-c2cc3c4ccccc4ccc3c3ccccc23)cc1. The van der Waals surface area contributed by atoms with Gasteiger partial charge in [0.2, 0.25) is 0 Å². The highest BCUT2D eigenvalue weighted by atomic mass is 14.2. The van der Waals surface area contributed by atoms with Crippen LogP contribution in [0.5, 0.6) is 0 Å². The van der Waals surface area contributed by atoms with Gasteiger partial charge in [0.1, 0.15) is 0 Å². The maximum Gasteiger partial charge on any atom is -0.00925 e. The first-order valence-corrected chi connectivity index (χ1v) is 13.7. The summed E-state index contributed by atoms with van der Waals surface area (Å²) >= 11 is 0. The van der Waals surface area contributed by atoms with Crippen LogP contribution in [0.1, 0.15) is 52.7 Å². The molecular formula is C38H36. The van der Waals surface area contributed by atoms with Crippen LogP contribution in [0.15, 0.2) is 109 Å². The van der Waals surface area contributed by atoms with Crippen molar-refractivity contribution in [2.45, 2.75) is 52.4 Å². The van der Waals surface area contributed by atoms with E-state index in [2.05, 4.69) is 151 Å². The van der Waals surface area contributed by atoms with Gasteiger partial charge in [-0.25, -0.2) is 0 Å². The van der Waals surface area contributed by atoms with Gasteiger partial charge in [0.15, 0.2) is 0 Å². The molecule has 0 heteroatoms. The lowest BCUT2D eigenvalue weighted by Gasteiger charge is -2.23. The van der Waals surface area contributed by atoms with Crippen molar-refractivity contribution in [3.05, 3.63) is 120 Å². The smallest absolute Gasteiger partial charge is 0.00925 e. The molecule has 0 N–H and O–H groups in total. The van der Waals surface area contributed by atoms with Crippen LogP contribution in [0, 0.1) is 0 Å². The average Bonchev–Trinajstić information content (AvgIpc) is 2.91. The first kappa shape index (κ1) is 24.4. The zero-order valence-corrected chi connectivity index (χ0v) is 23.4. The lowest BCUT2D eigenvalue weighted by molar-refractivity contribution is 0.590. The van der Waals surface area contributed by atoms with E-state index in [9.17, 15) is 0 Å². The highest BCUT2D eigenvalue weighted by molar-refractivity contribution is 6.21. The summed E-state index contributed by atoms with van der Waals surface area (Å²) in [4.78, 5) is 0. The topological polar surface area (TPSA) is 0 Å². The minimum Gasteiger partial charge on any atom is -0.0616 e. The van der Waals surface area contributed by atoms with E-state index < -0.39 is 0 Å². The van der Waals surface area contributed by atoms with E-state index in [1.165, 1.54) is 65.7 Å². The summed E-state index contributed by atoms with van der Waals surface area (Å²) in [6.45, 7) is 13.7. The van der Waals surface area contributed by atoms with Crippen molar-refractivity contribution in [2.24, 2.45) is 0 Å². The molecule has 6 aromatic carbocycles. The Morgan fingerprint density at radius 2 is 0.947 bits per heavy atom. The first-order chi connectivity index (χ1) is 18.1. The van der Waals surface area contributed by atoms with E-state index in [1.807, 2.05) is 0 Å². The van der Waals surface area contributed by atoms with E-state index in [1.54, 1.807) is 0 Å². The summed E-state index contributed by atoms with van der Waals surface area (Å²) in [7, 11) is 0. The molecule has 6 rings (SSSR count). The lowest BCUT2D eigenvalue weighted by Crippen LogP contribution is -2.11. The van der Waals surface area contributed by atoms with E-state index >= 15 is 0 Å². The third-order valence-electron chi connectivity index (χ3n) is 8.00. The lowest BCUT2D eigenvalue weighted by atomic mass is 9.81. The third-order valence-corrected chi connectivity index (χ3v) is 8.00. The van der Waals surface area contributed by atoms with Crippen molar-refractivity contribution in [2.75, 3.05) is 0 Å². The minimum atomic E-state index is 0.0583. The summed E-state index contributed by atoms with van der Waals surface area (Å²) < 4.78 is 0. The maximum absolute atomic E-state index is 2.44. The Morgan fingerprint density at radius 1 is 0.368 bits per heavy atom. The third kappa shape index (κ3) is 4.19. The zero-order chi connectivity index (χ0) is 26.7. The second kappa shape index (κ2) is 8.84. The zero-order valence-electron chi connectivity index (χ0n) is 23.4. The summed E-state index contributed by atoms with van der Waals surface area (Å²) in [6, 6.07) is 40.9. The molecule has 38 heavy (non-hydrogen) atoms. The summed E-state index contributed by atoms with van der Waals surface area (Å²) in [6.07, 6.45) is 0. The normalized spacial score (nSPS) is 12.5. The fourth-order valence-corrected chi connectivity index (χ4v) is 5.72. The molecule has 0 heterocycles. The quantitative estimate of drug-likeness (QED) is 0.211. The van der Waals surface area contributed by atoms with Crippen LogP contribution < -0.4 is 0 Å². The van der Waals surface area contributed by atoms with Crippen LogP contribution >= 0.6 is 0 Å². The van der Waals surface area contributed by atoms with Crippen molar-refractivity contribution in [3.8, 4) is 22.3 Å². The van der Waals surface area contributed by atoms with Crippen molar-refractivity contribution < 1.29 is 0 Å². The number of fused-ring (bicyclic) bond motifs is 5.